The zero-order valence-corrected chi connectivity index (χ0v) is 18.0. The van der Waals surface area contributed by atoms with E-state index in [-0.39, 0.29) is 5.91 Å². The van der Waals surface area contributed by atoms with E-state index in [0.29, 0.717) is 39.0 Å². The van der Waals surface area contributed by atoms with Crippen LogP contribution in [0.5, 0.6) is 5.75 Å². The van der Waals surface area contributed by atoms with Crippen LogP contribution in [0.25, 0.3) is 0 Å². The second-order valence-electron chi connectivity index (χ2n) is 8.06. The van der Waals surface area contributed by atoms with Crippen LogP contribution in [0.2, 0.25) is 0 Å². The standard InChI is InChI=1S/C24H32N4O3/c29-24(28-14-17-30-18-15-28)20-4-6-22(7-5-20)27-12-8-21(9-13-27)26-11-2-16-31-23-3-1-10-25-19-23/h1,3-7,10,19,21,26H,2,8-9,11-18H2. The van der Waals surface area contributed by atoms with Crippen LogP contribution in [0.1, 0.15) is 29.6 Å². The van der Waals surface area contributed by atoms with Gasteiger partial charge in [-0.3, -0.25) is 9.78 Å². The fraction of sp³-hybridized carbons (Fsp3) is 0.500. The Balaban J connectivity index is 1.15. The highest BCUT2D eigenvalue weighted by atomic mass is 16.5. The molecule has 7 heteroatoms. The summed E-state index contributed by atoms with van der Waals surface area (Å²) in [5.74, 6) is 0.929. The number of pyridine rings is 1. The Hall–Kier alpha value is -2.64. The molecule has 2 saturated heterocycles. The van der Waals surface area contributed by atoms with E-state index in [2.05, 4.69) is 27.3 Å². The van der Waals surface area contributed by atoms with E-state index in [1.54, 1.807) is 12.4 Å². The van der Waals surface area contributed by atoms with Gasteiger partial charge in [-0.2, -0.15) is 0 Å². The van der Waals surface area contributed by atoms with Crippen molar-refractivity contribution in [2.24, 2.45) is 0 Å². The second-order valence-corrected chi connectivity index (χ2v) is 8.06. The van der Waals surface area contributed by atoms with Crippen LogP contribution >= 0.6 is 0 Å². The number of aromatic nitrogens is 1. The third kappa shape index (κ3) is 6.18. The van der Waals surface area contributed by atoms with Crippen molar-refractivity contribution >= 4 is 11.6 Å². The molecular weight excluding hydrogens is 392 g/mol. The Morgan fingerprint density at radius 2 is 1.87 bits per heavy atom. The van der Waals surface area contributed by atoms with Crippen LogP contribution in [-0.2, 0) is 4.74 Å². The van der Waals surface area contributed by atoms with Crippen LogP contribution in [0.15, 0.2) is 48.8 Å². The maximum Gasteiger partial charge on any atom is 0.254 e. The average Bonchev–Trinajstić information content (AvgIpc) is 2.85. The third-order valence-corrected chi connectivity index (χ3v) is 5.93. The van der Waals surface area contributed by atoms with Crippen molar-refractivity contribution in [2.75, 3.05) is 57.4 Å². The van der Waals surface area contributed by atoms with Gasteiger partial charge < -0.3 is 24.6 Å². The second kappa shape index (κ2) is 11.1. The number of carbonyl (C=O) groups is 1. The number of nitrogens with zero attached hydrogens (tertiary/aromatic N) is 3. The number of morpholine rings is 1. The number of ether oxygens (including phenoxy) is 2. The summed E-state index contributed by atoms with van der Waals surface area (Å²) >= 11 is 0. The summed E-state index contributed by atoms with van der Waals surface area (Å²) < 4.78 is 11.0. The summed E-state index contributed by atoms with van der Waals surface area (Å²) in [5, 5.41) is 3.66. The Morgan fingerprint density at radius 1 is 1.10 bits per heavy atom. The van der Waals surface area contributed by atoms with Crippen molar-refractivity contribution in [3.05, 3.63) is 54.4 Å². The number of amides is 1. The number of carbonyl (C=O) groups excluding carboxylic acids is 1. The summed E-state index contributed by atoms with van der Waals surface area (Å²) in [6, 6.07) is 12.4. The Morgan fingerprint density at radius 3 is 2.58 bits per heavy atom. The molecule has 0 radical (unpaired) electrons. The number of nitrogens with one attached hydrogen (secondary N) is 1. The number of hydrogen-bond donors (Lipinski definition) is 1. The number of anilines is 1. The largest absolute Gasteiger partial charge is 0.492 e. The van der Waals surface area contributed by atoms with E-state index in [1.807, 2.05) is 29.2 Å². The Kier molecular flexibility index (Phi) is 7.74. The fourth-order valence-corrected chi connectivity index (χ4v) is 4.11. The molecule has 7 nitrogen and oxygen atoms in total. The summed E-state index contributed by atoms with van der Waals surface area (Å²) in [6.07, 6.45) is 6.72. The summed E-state index contributed by atoms with van der Waals surface area (Å²) in [5.41, 5.74) is 1.96. The van der Waals surface area contributed by atoms with E-state index in [4.69, 9.17) is 9.47 Å². The van der Waals surface area contributed by atoms with E-state index < -0.39 is 0 Å². The molecule has 0 aliphatic carbocycles. The normalized spacial score (nSPS) is 17.5. The molecule has 3 heterocycles. The molecule has 0 spiro atoms. The van der Waals surface area contributed by atoms with Gasteiger partial charge in [0, 0.05) is 49.7 Å². The lowest BCUT2D eigenvalue weighted by Gasteiger charge is -2.34. The molecule has 0 bridgehead atoms. The highest BCUT2D eigenvalue weighted by molar-refractivity contribution is 5.94. The first-order chi connectivity index (χ1) is 15.3. The molecule has 1 aromatic carbocycles. The highest BCUT2D eigenvalue weighted by Gasteiger charge is 2.21. The fourth-order valence-electron chi connectivity index (χ4n) is 4.11. The van der Waals surface area contributed by atoms with Gasteiger partial charge in [-0.15, -0.1) is 0 Å². The van der Waals surface area contributed by atoms with Gasteiger partial charge >= 0.3 is 0 Å². The zero-order chi connectivity index (χ0) is 21.3. The molecule has 1 N–H and O–H groups in total. The molecule has 2 aromatic rings. The lowest BCUT2D eigenvalue weighted by Crippen LogP contribution is -2.43. The van der Waals surface area contributed by atoms with Gasteiger partial charge in [-0.25, -0.2) is 0 Å². The molecule has 1 aromatic heterocycles. The van der Waals surface area contributed by atoms with Crippen LogP contribution in [-0.4, -0.2) is 74.4 Å². The van der Waals surface area contributed by atoms with Gasteiger partial charge in [0.1, 0.15) is 5.75 Å². The minimum absolute atomic E-state index is 0.102. The van der Waals surface area contributed by atoms with Crippen molar-refractivity contribution < 1.29 is 14.3 Å². The van der Waals surface area contributed by atoms with E-state index in [9.17, 15) is 4.79 Å². The molecule has 2 fully saturated rings. The van der Waals surface area contributed by atoms with Crippen LogP contribution < -0.4 is 15.0 Å². The number of rotatable bonds is 8. The molecule has 1 amide bonds. The van der Waals surface area contributed by atoms with Crippen molar-refractivity contribution in [3.8, 4) is 5.75 Å². The SMILES string of the molecule is O=C(c1ccc(N2CCC(NCCCOc3cccnc3)CC2)cc1)N1CCOCC1. The van der Waals surface area contributed by atoms with E-state index >= 15 is 0 Å². The summed E-state index contributed by atoms with van der Waals surface area (Å²) in [7, 11) is 0. The predicted molar refractivity (Wildman–Crippen MR) is 121 cm³/mol. The minimum Gasteiger partial charge on any atom is -0.492 e. The first kappa shape index (κ1) is 21.6. The lowest BCUT2D eigenvalue weighted by atomic mass is 10.0. The van der Waals surface area contributed by atoms with Gasteiger partial charge in [0.15, 0.2) is 0 Å². The summed E-state index contributed by atoms with van der Waals surface area (Å²) in [6.45, 7) is 6.33. The first-order valence-electron chi connectivity index (χ1n) is 11.3. The van der Waals surface area contributed by atoms with Crippen LogP contribution in [0.4, 0.5) is 5.69 Å². The van der Waals surface area contributed by atoms with Crippen LogP contribution in [0.3, 0.4) is 0 Å². The molecule has 166 valence electrons. The zero-order valence-electron chi connectivity index (χ0n) is 18.0. The summed E-state index contributed by atoms with van der Waals surface area (Å²) in [4.78, 5) is 20.9. The van der Waals surface area contributed by atoms with Gasteiger partial charge in [0.05, 0.1) is 26.0 Å². The van der Waals surface area contributed by atoms with Crippen molar-refractivity contribution in [1.82, 2.24) is 15.2 Å². The lowest BCUT2D eigenvalue weighted by molar-refractivity contribution is 0.0303. The Bertz CT molecular complexity index is 801. The molecule has 31 heavy (non-hydrogen) atoms. The molecular formula is C24H32N4O3. The van der Waals surface area contributed by atoms with Gasteiger partial charge in [0.2, 0.25) is 0 Å². The van der Waals surface area contributed by atoms with Crippen LogP contribution in [0, 0.1) is 0 Å². The van der Waals surface area contributed by atoms with Gasteiger partial charge in [-0.1, -0.05) is 0 Å². The molecule has 2 aliphatic heterocycles. The molecule has 0 saturated carbocycles. The Labute approximate surface area is 184 Å². The number of hydrogen-bond acceptors (Lipinski definition) is 6. The van der Waals surface area contributed by atoms with E-state index in [0.717, 1.165) is 50.2 Å². The maximum atomic E-state index is 12.6. The molecule has 2 aliphatic rings. The monoisotopic (exact) mass is 424 g/mol. The molecule has 0 atom stereocenters. The molecule has 4 rings (SSSR count). The highest BCUT2D eigenvalue weighted by Crippen LogP contribution is 2.21. The third-order valence-electron chi connectivity index (χ3n) is 5.93. The first-order valence-corrected chi connectivity index (χ1v) is 11.3. The maximum absolute atomic E-state index is 12.6. The van der Waals surface area contributed by atoms with Crippen molar-refractivity contribution in [1.29, 1.82) is 0 Å². The minimum atomic E-state index is 0.102. The quantitative estimate of drug-likeness (QED) is 0.657. The topological polar surface area (TPSA) is 66.9 Å². The number of benzene rings is 1. The average molecular weight is 425 g/mol. The number of piperidine rings is 1. The molecule has 0 unspecified atom stereocenters. The van der Waals surface area contributed by atoms with E-state index in [1.165, 1.54) is 5.69 Å². The van der Waals surface area contributed by atoms with Gasteiger partial charge in [-0.05, 0) is 62.2 Å². The smallest absolute Gasteiger partial charge is 0.254 e. The van der Waals surface area contributed by atoms with Crippen molar-refractivity contribution in [2.45, 2.75) is 25.3 Å². The predicted octanol–water partition coefficient (Wildman–Crippen LogP) is 2.58. The van der Waals surface area contributed by atoms with Gasteiger partial charge in [0.25, 0.3) is 5.91 Å². The van der Waals surface area contributed by atoms with Crippen molar-refractivity contribution in [3.63, 3.8) is 0 Å².